The molecule has 0 aliphatic heterocycles. The number of carbonyl (C=O) groups is 6. The lowest BCUT2D eigenvalue weighted by atomic mass is 9.80. The molecule has 22 aliphatic rings. The van der Waals surface area contributed by atoms with E-state index in [0.29, 0.717) is 100 Å². The van der Waals surface area contributed by atoms with Crippen molar-refractivity contribution in [2.45, 2.75) is 192 Å². The zero-order valence-corrected chi connectivity index (χ0v) is 83.3. The van der Waals surface area contributed by atoms with Gasteiger partial charge >= 0.3 is 35.8 Å². The van der Waals surface area contributed by atoms with Gasteiger partial charge in [0.1, 0.15) is 108 Å². The second kappa shape index (κ2) is 41.0. The third-order valence-electron chi connectivity index (χ3n) is 23.1. The Hall–Kier alpha value is -12.2. The van der Waals surface area contributed by atoms with Crippen molar-refractivity contribution < 1.29 is 114 Å². The van der Waals surface area contributed by atoms with Crippen LogP contribution in [0.1, 0.15) is 220 Å². The van der Waals surface area contributed by atoms with Gasteiger partial charge in [-0.2, -0.15) is 0 Å². The van der Waals surface area contributed by atoms with E-state index in [9.17, 15) is 0 Å². The van der Waals surface area contributed by atoms with Crippen LogP contribution in [-0.4, -0.2) is 153 Å². The molecule has 0 saturated heterocycles. The van der Waals surface area contributed by atoms with Crippen LogP contribution in [0.3, 0.4) is 0 Å². The zero-order chi connectivity index (χ0) is 100.0. The molecule has 9 aromatic rings. The maximum Gasteiger partial charge on any atom is 0.340 e. The van der Waals surface area contributed by atoms with Crippen LogP contribution in [-0.2, 0) is 119 Å². The second-order valence-corrected chi connectivity index (χ2v) is 40.3. The SMILES string of the molecule is COCOC12C=CC(OCOC)(C=C1)c1ccc(cc1)-c1ccc(c(C(=O)OC(C)(C)C)c1C(=O)OC(C)(C)C)-c1ccc(cc1)C1(OCOC)C=CC(OCOC)(C=C1)c1ccc(cc1)-c1ccc(c(C(=O)OC(C)(C)C)c1C(=O)OC(C)(C)C)-c1ccc(cc1)C1(OCOC)C=CC(OCOC)(C=C1)c1ccc(cc1)-c1ccc(c(C(=O)OC(C)(C)C)c1C(=O)OC(C)(C)C)-c1ccc2cc1. The first-order chi connectivity index (χ1) is 65.1. The zero-order valence-electron chi connectivity index (χ0n) is 83.3. The normalized spacial score (nSPS) is 20.0. The Morgan fingerprint density at radius 3 is 0.384 bits per heavy atom. The van der Waals surface area contributed by atoms with Gasteiger partial charge in [0.15, 0.2) is 0 Å². The van der Waals surface area contributed by atoms with Gasteiger partial charge < -0.3 is 85.3 Å². The van der Waals surface area contributed by atoms with Crippen LogP contribution in [0, 0.1) is 0 Å². The number of hydrogen-bond acceptors (Lipinski definition) is 24. The minimum absolute atomic E-state index is 0.0439. The molecule has 0 unspecified atom stereocenters. The van der Waals surface area contributed by atoms with Gasteiger partial charge in [0, 0.05) is 42.7 Å². The summed E-state index contributed by atoms with van der Waals surface area (Å²) >= 11 is 0. The minimum Gasteiger partial charge on any atom is -0.456 e. The topological polar surface area (TPSA) is 269 Å². The molecule has 0 amide bonds. The Bertz CT molecular complexity index is 5140. The molecule has 31 rings (SSSR count). The van der Waals surface area contributed by atoms with Crippen molar-refractivity contribution in [2.24, 2.45) is 0 Å². The van der Waals surface area contributed by atoms with E-state index in [1.807, 2.05) is 219 Å². The first-order valence-corrected chi connectivity index (χ1v) is 45.7. The highest BCUT2D eigenvalue weighted by Crippen LogP contribution is 2.50. The number of hydrogen-bond donors (Lipinski definition) is 0. The van der Waals surface area contributed by atoms with Crippen LogP contribution in [0.25, 0.3) is 66.8 Å². The van der Waals surface area contributed by atoms with Gasteiger partial charge in [0.05, 0.1) is 33.4 Å². The lowest BCUT2D eigenvalue weighted by Crippen LogP contribution is -2.35. The number of methoxy groups -OCH3 is 6. The monoisotopic (exact) mass is 1880 g/mol. The number of carbonyl (C=O) groups excluding carboxylic acids is 6. The molecular weight excluding hydrogens is 1750 g/mol. The van der Waals surface area contributed by atoms with E-state index in [1.165, 1.54) is 42.7 Å². The van der Waals surface area contributed by atoms with Gasteiger partial charge in [-0.05, 0) is 298 Å². The lowest BCUT2D eigenvalue weighted by Gasteiger charge is -2.37. The van der Waals surface area contributed by atoms with Gasteiger partial charge in [-0.15, -0.1) is 0 Å². The summed E-state index contributed by atoms with van der Waals surface area (Å²) in [5, 5.41) is 0. The molecule has 22 aliphatic carbocycles. The van der Waals surface area contributed by atoms with Crippen molar-refractivity contribution in [3.8, 4) is 66.8 Å². The third kappa shape index (κ3) is 23.0. The van der Waals surface area contributed by atoms with Gasteiger partial charge in [-0.25, -0.2) is 28.8 Å². The summed E-state index contributed by atoms with van der Waals surface area (Å²) in [4.78, 5) is 92.1. The molecule has 0 fully saturated rings. The third-order valence-corrected chi connectivity index (χ3v) is 23.1. The van der Waals surface area contributed by atoms with E-state index in [0.717, 1.165) is 0 Å². The fraction of sp³-hybridized carbons (Fsp3) is 0.368. The highest BCUT2D eigenvalue weighted by Gasteiger charge is 2.45. The molecule has 24 nitrogen and oxygen atoms in total. The molecule has 0 N–H and O–H groups in total. The molecule has 0 atom stereocenters. The molecule has 0 spiro atoms. The summed E-state index contributed by atoms with van der Waals surface area (Å²) in [5.74, 6) is -4.68. The molecule has 0 saturated carbocycles. The van der Waals surface area contributed by atoms with Gasteiger partial charge in [0.2, 0.25) is 0 Å². The highest BCUT2D eigenvalue weighted by molar-refractivity contribution is 6.15. The minimum atomic E-state index is -1.31. The fourth-order valence-electron chi connectivity index (χ4n) is 16.9. The summed E-state index contributed by atoms with van der Waals surface area (Å²) in [7, 11) is 9.14. The van der Waals surface area contributed by atoms with E-state index >= 15 is 28.8 Å². The Labute approximate surface area is 809 Å². The summed E-state index contributed by atoms with van der Waals surface area (Å²) in [6.45, 7) is 30.6. The Morgan fingerprint density at radius 2 is 0.290 bits per heavy atom. The highest BCUT2D eigenvalue weighted by atomic mass is 16.7. The quantitative estimate of drug-likeness (QED) is 0.0235. The fourth-order valence-corrected chi connectivity index (χ4v) is 16.9. The van der Waals surface area contributed by atoms with Crippen molar-refractivity contribution in [2.75, 3.05) is 83.4 Å². The van der Waals surface area contributed by atoms with E-state index in [1.54, 1.807) is 161 Å². The Morgan fingerprint density at radius 1 is 0.181 bits per heavy atom. The molecule has 0 heterocycles. The molecule has 24 heteroatoms. The maximum atomic E-state index is 15.4. The number of benzene rings is 9. The maximum absolute atomic E-state index is 15.4. The van der Waals surface area contributed by atoms with Crippen LogP contribution in [0.4, 0.5) is 0 Å². The molecule has 138 heavy (non-hydrogen) atoms. The predicted molar refractivity (Wildman–Crippen MR) is 526 cm³/mol. The molecule has 0 radical (unpaired) electrons. The van der Waals surface area contributed by atoms with Crippen molar-refractivity contribution in [1.82, 2.24) is 0 Å². The molecule has 9 aromatic carbocycles. The summed E-state index contributed by atoms with van der Waals surface area (Å²) in [6, 6.07) is 55.1. The summed E-state index contributed by atoms with van der Waals surface area (Å²) in [5.41, 5.74) is -5.14. The smallest absolute Gasteiger partial charge is 0.340 e. The predicted octanol–water partition coefficient (Wildman–Crippen LogP) is 23.1. The first-order valence-electron chi connectivity index (χ1n) is 45.7. The van der Waals surface area contributed by atoms with E-state index in [4.69, 9.17) is 85.3 Å². The van der Waals surface area contributed by atoms with E-state index in [-0.39, 0.29) is 74.1 Å². The molecular formula is C114H126O24. The first kappa shape index (κ1) is 103. The summed E-state index contributed by atoms with van der Waals surface area (Å²) in [6.07, 6.45) is 22.4. The van der Waals surface area contributed by atoms with E-state index in [2.05, 4.69) is 0 Å². The van der Waals surface area contributed by atoms with Crippen molar-refractivity contribution >= 4 is 35.8 Å². The van der Waals surface area contributed by atoms with Crippen LogP contribution in [0.5, 0.6) is 0 Å². The van der Waals surface area contributed by atoms with E-state index < -0.39 is 103 Å². The van der Waals surface area contributed by atoms with Crippen molar-refractivity contribution in [1.29, 1.82) is 0 Å². The molecule has 0 aromatic heterocycles. The Balaban J connectivity index is 1.02. The number of rotatable bonds is 24. The Kier molecular flexibility index (Phi) is 30.7. The number of esters is 6. The van der Waals surface area contributed by atoms with Crippen molar-refractivity contribution in [3.63, 3.8) is 0 Å². The largest absolute Gasteiger partial charge is 0.456 e. The number of ether oxygens (including phenoxy) is 18. The van der Waals surface area contributed by atoms with Crippen LogP contribution < -0.4 is 0 Å². The molecule has 24 bridgehead atoms. The van der Waals surface area contributed by atoms with Crippen LogP contribution >= 0.6 is 0 Å². The van der Waals surface area contributed by atoms with Crippen LogP contribution in [0.15, 0.2) is 255 Å². The average molecular weight is 1880 g/mol. The van der Waals surface area contributed by atoms with Gasteiger partial charge in [-0.3, -0.25) is 0 Å². The molecule has 726 valence electrons. The van der Waals surface area contributed by atoms with Crippen LogP contribution in [0.2, 0.25) is 0 Å². The van der Waals surface area contributed by atoms with Gasteiger partial charge in [0.25, 0.3) is 0 Å². The summed E-state index contributed by atoms with van der Waals surface area (Å²) < 4.78 is 111. The average Bonchev–Trinajstić information content (AvgIpc) is 0.751. The van der Waals surface area contributed by atoms with Crippen molar-refractivity contribution in [3.05, 3.63) is 322 Å². The van der Waals surface area contributed by atoms with Gasteiger partial charge in [-0.1, -0.05) is 182 Å². The standard InChI is InChI=1S/C114H126O24/c1-103(2,3)133-97(115)91-85-49-50-86(92(91)98(116)134-104(4,5)6)74-27-39-80(40-28-74)110(128-68-122-20)59-61-112(62-60-110,130-70-124-22)82-43-31-76(32-44-82)88-53-54-90(96(102(120)138-108(16,17)18)94(88)100(118)136-106(10,11)12)78-35-47-84(48-36-78)114(132-72-126-24)65-63-113(64-66-114,131-71-125-23)83-45-33-77(34-46-83)89-52-51-87(93(99(117)135-105(7,8)9)95(89)101(119)137-107(13,14)15)75-29-41-81(42-30-75)111(129-69-123-21)57-55-109(56-58-111,127-67-121-19)79-37-25-73(85)26-38-79/h25-66H,67-72H2,1-24H3. The lowest BCUT2D eigenvalue weighted by molar-refractivity contribution is -0.106. The second-order valence-electron chi connectivity index (χ2n) is 40.3.